The van der Waals surface area contributed by atoms with Crippen LogP contribution in [0.4, 0.5) is 4.39 Å². The molecule has 0 amide bonds. The van der Waals surface area contributed by atoms with Crippen molar-refractivity contribution in [1.29, 1.82) is 0 Å². The molecule has 0 aliphatic rings. The highest BCUT2D eigenvalue weighted by Crippen LogP contribution is 2.28. The Balaban J connectivity index is 0.00000144. The first-order valence-electron chi connectivity index (χ1n) is 3.43. The van der Waals surface area contributed by atoms with Gasteiger partial charge >= 0.3 is 0 Å². The molecule has 0 unspecified atom stereocenters. The molecule has 0 radical (unpaired) electrons. The van der Waals surface area contributed by atoms with Crippen LogP contribution in [-0.4, -0.2) is 0 Å². The van der Waals surface area contributed by atoms with Gasteiger partial charge in [0.05, 0.1) is 5.02 Å². The smallest absolute Gasteiger partial charge is 0.148 e. The van der Waals surface area contributed by atoms with E-state index in [2.05, 4.69) is 0 Å². The predicted octanol–water partition coefficient (Wildman–Crippen LogP) is 3.57. The van der Waals surface area contributed by atoms with Gasteiger partial charge in [0.15, 0.2) is 0 Å². The minimum Gasteiger partial charge on any atom is -0.324 e. The lowest BCUT2D eigenvalue weighted by Crippen LogP contribution is -2.08. The molecule has 0 heterocycles. The number of rotatable bonds is 1. The van der Waals surface area contributed by atoms with Crippen molar-refractivity contribution in [3.8, 4) is 0 Å². The van der Waals surface area contributed by atoms with Gasteiger partial charge in [-0.05, 0) is 19.1 Å². The first-order chi connectivity index (χ1) is 5.54. The zero-order valence-corrected chi connectivity index (χ0v) is 9.18. The maximum absolute atomic E-state index is 13.2. The maximum Gasteiger partial charge on any atom is 0.148 e. The average Bonchev–Trinajstić information content (AvgIpc) is 1.97. The molecule has 2 N–H and O–H groups in total. The van der Waals surface area contributed by atoms with E-state index in [4.69, 9.17) is 28.9 Å². The van der Waals surface area contributed by atoms with E-state index < -0.39 is 11.9 Å². The third kappa shape index (κ3) is 2.71. The molecule has 0 aliphatic carbocycles. The largest absolute Gasteiger partial charge is 0.324 e. The SMILES string of the molecule is C[C@@H](N)c1c(Cl)ccc(Cl)c1F.Cl. The van der Waals surface area contributed by atoms with Gasteiger partial charge in [-0.15, -0.1) is 12.4 Å². The van der Waals surface area contributed by atoms with Crippen molar-refractivity contribution in [2.45, 2.75) is 13.0 Å². The van der Waals surface area contributed by atoms with Crippen molar-refractivity contribution in [2.75, 3.05) is 0 Å². The van der Waals surface area contributed by atoms with Crippen LogP contribution in [0.15, 0.2) is 12.1 Å². The molecule has 0 spiro atoms. The fourth-order valence-corrected chi connectivity index (χ4v) is 1.44. The van der Waals surface area contributed by atoms with E-state index in [1.165, 1.54) is 12.1 Å². The standard InChI is InChI=1S/C8H8Cl2FN.ClH/c1-4(12)7-5(9)2-3-6(10)8(7)11;/h2-4H,12H2,1H3;1H/t4-;/m1./s1. The van der Waals surface area contributed by atoms with Crippen molar-refractivity contribution in [3.63, 3.8) is 0 Å². The van der Waals surface area contributed by atoms with Crippen LogP contribution in [0.1, 0.15) is 18.5 Å². The Labute approximate surface area is 92.4 Å². The zero-order valence-electron chi connectivity index (χ0n) is 6.85. The molecular formula is C8H9Cl3FN. The normalized spacial score (nSPS) is 12.1. The lowest BCUT2D eigenvalue weighted by atomic mass is 10.1. The first-order valence-corrected chi connectivity index (χ1v) is 4.18. The van der Waals surface area contributed by atoms with Gasteiger partial charge in [-0.25, -0.2) is 4.39 Å². The van der Waals surface area contributed by atoms with Crippen LogP contribution in [0.3, 0.4) is 0 Å². The second kappa shape index (κ2) is 5.01. The van der Waals surface area contributed by atoms with Crippen molar-refractivity contribution in [2.24, 2.45) is 5.73 Å². The van der Waals surface area contributed by atoms with E-state index in [0.717, 1.165) is 0 Å². The van der Waals surface area contributed by atoms with Crippen LogP contribution >= 0.6 is 35.6 Å². The molecular weight excluding hydrogens is 235 g/mol. The third-order valence-corrected chi connectivity index (χ3v) is 2.16. The summed E-state index contributed by atoms with van der Waals surface area (Å²) >= 11 is 11.3. The van der Waals surface area contributed by atoms with E-state index in [1.807, 2.05) is 0 Å². The molecule has 0 fully saturated rings. The van der Waals surface area contributed by atoms with Gasteiger partial charge in [-0.2, -0.15) is 0 Å². The summed E-state index contributed by atoms with van der Waals surface area (Å²) in [6.07, 6.45) is 0. The lowest BCUT2D eigenvalue weighted by molar-refractivity contribution is 0.594. The second-order valence-electron chi connectivity index (χ2n) is 2.55. The molecule has 1 aromatic rings. The van der Waals surface area contributed by atoms with Gasteiger partial charge in [0, 0.05) is 16.6 Å². The molecule has 0 aromatic heterocycles. The van der Waals surface area contributed by atoms with Crippen LogP contribution in [0.5, 0.6) is 0 Å². The fraction of sp³-hybridized carbons (Fsp3) is 0.250. The minimum absolute atomic E-state index is 0. The summed E-state index contributed by atoms with van der Waals surface area (Å²) in [4.78, 5) is 0. The van der Waals surface area contributed by atoms with Gasteiger partial charge < -0.3 is 5.73 Å². The van der Waals surface area contributed by atoms with Gasteiger partial charge in [-0.1, -0.05) is 23.2 Å². The summed E-state index contributed by atoms with van der Waals surface area (Å²) in [5.41, 5.74) is 5.77. The summed E-state index contributed by atoms with van der Waals surface area (Å²) in [7, 11) is 0. The quantitative estimate of drug-likeness (QED) is 0.751. The first kappa shape index (κ1) is 13.0. The van der Waals surface area contributed by atoms with E-state index in [0.29, 0.717) is 5.02 Å². The topological polar surface area (TPSA) is 26.0 Å². The lowest BCUT2D eigenvalue weighted by Gasteiger charge is -2.09. The molecule has 1 aromatic carbocycles. The van der Waals surface area contributed by atoms with Crippen LogP contribution in [0, 0.1) is 5.82 Å². The highest BCUT2D eigenvalue weighted by Gasteiger charge is 2.13. The Hall–Kier alpha value is -0.0200. The highest BCUT2D eigenvalue weighted by molar-refractivity contribution is 6.33. The Bertz CT molecular complexity index is 302. The molecule has 5 heteroatoms. The maximum atomic E-state index is 13.2. The molecule has 1 atom stereocenters. The van der Waals surface area contributed by atoms with Crippen molar-refractivity contribution < 1.29 is 4.39 Å². The Morgan fingerprint density at radius 2 is 1.77 bits per heavy atom. The number of hydrogen-bond acceptors (Lipinski definition) is 1. The van der Waals surface area contributed by atoms with E-state index in [9.17, 15) is 4.39 Å². The Morgan fingerprint density at radius 1 is 1.31 bits per heavy atom. The van der Waals surface area contributed by atoms with Crippen LogP contribution < -0.4 is 5.73 Å². The second-order valence-corrected chi connectivity index (χ2v) is 3.36. The summed E-state index contributed by atoms with van der Waals surface area (Å²) in [5.74, 6) is -0.529. The Kier molecular flexibility index (Phi) is 5.00. The molecule has 0 bridgehead atoms. The molecule has 1 nitrogen and oxygen atoms in total. The van der Waals surface area contributed by atoms with Crippen LogP contribution in [-0.2, 0) is 0 Å². The number of hydrogen-bond donors (Lipinski definition) is 1. The third-order valence-electron chi connectivity index (χ3n) is 1.53. The van der Waals surface area contributed by atoms with Gasteiger partial charge in [0.1, 0.15) is 5.82 Å². The summed E-state index contributed by atoms with van der Waals surface area (Å²) < 4.78 is 13.2. The van der Waals surface area contributed by atoms with Crippen LogP contribution in [0.2, 0.25) is 10.0 Å². The Morgan fingerprint density at radius 3 is 2.15 bits per heavy atom. The van der Waals surface area contributed by atoms with Gasteiger partial charge in [-0.3, -0.25) is 0 Å². The molecule has 1 rings (SSSR count). The molecule has 0 saturated carbocycles. The number of halogens is 4. The molecule has 74 valence electrons. The van der Waals surface area contributed by atoms with E-state index in [-0.39, 0.29) is 23.0 Å². The molecule has 13 heavy (non-hydrogen) atoms. The van der Waals surface area contributed by atoms with Gasteiger partial charge in [0.2, 0.25) is 0 Å². The van der Waals surface area contributed by atoms with Crippen molar-refractivity contribution >= 4 is 35.6 Å². The highest BCUT2D eigenvalue weighted by atomic mass is 35.5. The fourth-order valence-electron chi connectivity index (χ4n) is 0.960. The summed E-state index contributed by atoms with van der Waals surface area (Å²) in [5, 5.41) is 0.360. The van der Waals surface area contributed by atoms with Crippen molar-refractivity contribution in [3.05, 3.63) is 33.6 Å². The van der Waals surface area contributed by atoms with Crippen molar-refractivity contribution in [1.82, 2.24) is 0 Å². The zero-order chi connectivity index (χ0) is 9.30. The molecule has 0 saturated heterocycles. The average molecular weight is 245 g/mol. The van der Waals surface area contributed by atoms with E-state index >= 15 is 0 Å². The number of benzene rings is 1. The van der Waals surface area contributed by atoms with Gasteiger partial charge in [0.25, 0.3) is 0 Å². The summed E-state index contributed by atoms with van der Waals surface area (Å²) in [6, 6.07) is 2.49. The number of nitrogens with two attached hydrogens (primary N) is 1. The predicted molar refractivity (Wildman–Crippen MR) is 56.3 cm³/mol. The monoisotopic (exact) mass is 243 g/mol. The van der Waals surface area contributed by atoms with E-state index in [1.54, 1.807) is 6.92 Å². The minimum atomic E-state index is -0.529. The van der Waals surface area contributed by atoms with Crippen LogP contribution in [0.25, 0.3) is 0 Å². The summed E-state index contributed by atoms with van der Waals surface area (Å²) in [6.45, 7) is 1.65. The molecule has 0 aliphatic heterocycles.